The van der Waals surface area contributed by atoms with E-state index in [-0.39, 0.29) is 5.69 Å². The predicted octanol–water partition coefficient (Wildman–Crippen LogP) is 3.32. The molecule has 7 heteroatoms. The molecular formula is C13H10F4N2O. The first-order valence-electron chi connectivity index (χ1n) is 5.62. The van der Waals surface area contributed by atoms with Crippen LogP contribution in [0.1, 0.15) is 0 Å². The third kappa shape index (κ3) is 2.81. The van der Waals surface area contributed by atoms with E-state index in [0.29, 0.717) is 5.69 Å². The Kier molecular flexibility index (Phi) is 3.78. The molecule has 0 fully saturated rings. The van der Waals surface area contributed by atoms with Crippen LogP contribution in [0, 0.1) is 0 Å². The summed E-state index contributed by atoms with van der Waals surface area (Å²) in [5, 5.41) is 1.78. The Hall–Kier alpha value is -2.31. The molecule has 0 aliphatic heterocycles. The minimum atomic E-state index is -4.72. The molecule has 0 aliphatic rings. The molecule has 0 radical (unpaired) electrons. The van der Waals surface area contributed by atoms with Crippen molar-refractivity contribution in [2.24, 2.45) is 0 Å². The second-order valence-electron chi connectivity index (χ2n) is 4.02. The Labute approximate surface area is 111 Å². The molecule has 1 N–H and O–H groups in total. The highest BCUT2D eigenvalue weighted by atomic mass is 19.3. The van der Waals surface area contributed by atoms with Crippen LogP contribution in [0.15, 0.2) is 48.8 Å². The van der Waals surface area contributed by atoms with Gasteiger partial charge in [-0.1, -0.05) is 6.07 Å². The third-order valence-corrected chi connectivity index (χ3v) is 2.58. The number of anilines is 1. The molecule has 0 saturated heterocycles. The fourth-order valence-corrected chi connectivity index (χ4v) is 1.56. The van der Waals surface area contributed by atoms with Crippen LogP contribution in [0.5, 0.6) is 0 Å². The maximum atomic E-state index is 12.8. The summed E-state index contributed by atoms with van der Waals surface area (Å²) in [7, 11) is 0. The molecule has 1 aromatic carbocycles. The van der Waals surface area contributed by atoms with Crippen molar-refractivity contribution in [3.63, 3.8) is 0 Å². The number of carbonyl (C=O) groups is 1. The zero-order valence-electron chi connectivity index (χ0n) is 10.1. The fraction of sp³-hybridized carbons (Fsp3) is 0.154. The number of amides is 1. The Morgan fingerprint density at radius 3 is 2.40 bits per heavy atom. The SMILES string of the molecule is O=C(Nc1cccc(-n2cccc2)c1)C(F)(F)C(F)F. The number of nitrogens with one attached hydrogen (secondary N) is 1. The molecule has 2 aromatic rings. The molecular weight excluding hydrogens is 276 g/mol. The molecule has 3 nitrogen and oxygen atoms in total. The summed E-state index contributed by atoms with van der Waals surface area (Å²) in [6, 6.07) is 9.46. The second kappa shape index (κ2) is 5.36. The van der Waals surface area contributed by atoms with E-state index in [1.807, 2.05) is 0 Å². The highest BCUT2D eigenvalue weighted by Crippen LogP contribution is 2.25. The largest absolute Gasteiger partial charge is 0.383 e. The maximum absolute atomic E-state index is 12.8. The average molecular weight is 286 g/mol. The van der Waals surface area contributed by atoms with E-state index < -0.39 is 18.3 Å². The van der Waals surface area contributed by atoms with E-state index in [2.05, 4.69) is 0 Å². The molecule has 0 saturated carbocycles. The molecule has 0 atom stereocenters. The monoisotopic (exact) mass is 286 g/mol. The van der Waals surface area contributed by atoms with Crippen molar-refractivity contribution in [2.75, 3.05) is 5.32 Å². The molecule has 1 amide bonds. The third-order valence-electron chi connectivity index (χ3n) is 2.58. The smallest absolute Gasteiger partial charge is 0.324 e. The van der Waals surface area contributed by atoms with Gasteiger partial charge in [-0.25, -0.2) is 8.78 Å². The molecule has 0 aliphatic carbocycles. The van der Waals surface area contributed by atoms with Crippen LogP contribution in [0.3, 0.4) is 0 Å². The number of hydrogen-bond donors (Lipinski definition) is 1. The summed E-state index contributed by atoms with van der Waals surface area (Å²) >= 11 is 0. The quantitative estimate of drug-likeness (QED) is 0.860. The number of benzene rings is 1. The normalized spacial score (nSPS) is 11.7. The van der Waals surface area contributed by atoms with Crippen molar-refractivity contribution in [3.05, 3.63) is 48.8 Å². The summed E-state index contributed by atoms with van der Waals surface area (Å²) in [5.74, 6) is -6.75. The lowest BCUT2D eigenvalue weighted by atomic mass is 10.2. The Morgan fingerprint density at radius 1 is 1.15 bits per heavy atom. The van der Waals surface area contributed by atoms with Crippen molar-refractivity contribution in [1.82, 2.24) is 4.57 Å². The van der Waals surface area contributed by atoms with E-state index in [0.717, 1.165) is 0 Å². The topological polar surface area (TPSA) is 34.0 Å². The first kappa shape index (κ1) is 14.1. The van der Waals surface area contributed by atoms with Crippen LogP contribution < -0.4 is 5.32 Å². The lowest BCUT2D eigenvalue weighted by molar-refractivity contribution is -0.163. The van der Waals surface area contributed by atoms with Gasteiger partial charge in [0.25, 0.3) is 0 Å². The molecule has 0 bridgehead atoms. The van der Waals surface area contributed by atoms with Gasteiger partial charge in [-0.2, -0.15) is 8.78 Å². The van der Waals surface area contributed by atoms with E-state index in [1.165, 1.54) is 18.2 Å². The van der Waals surface area contributed by atoms with Gasteiger partial charge in [-0.05, 0) is 30.3 Å². The summed E-state index contributed by atoms with van der Waals surface area (Å²) < 4.78 is 51.5. The Balaban J connectivity index is 2.19. The van der Waals surface area contributed by atoms with E-state index in [4.69, 9.17) is 0 Å². The number of hydrogen-bond acceptors (Lipinski definition) is 1. The second-order valence-corrected chi connectivity index (χ2v) is 4.02. The zero-order valence-corrected chi connectivity index (χ0v) is 10.1. The molecule has 0 unspecified atom stereocenters. The first-order valence-corrected chi connectivity index (χ1v) is 5.62. The van der Waals surface area contributed by atoms with Crippen molar-refractivity contribution in [2.45, 2.75) is 12.3 Å². The van der Waals surface area contributed by atoms with Crippen LogP contribution in [0.4, 0.5) is 23.2 Å². The van der Waals surface area contributed by atoms with Gasteiger partial charge in [-0.15, -0.1) is 0 Å². The van der Waals surface area contributed by atoms with Gasteiger partial charge in [0.05, 0.1) is 0 Å². The van der Waals surface area contributed by atoms with Crippen LogP contribution in [0.25, 0.3) is 5.69 Å². The molecule has 1 aromatic heterocycles. The van der Waals surface area contributed by atoms with Gasteiger partial charge < -0.3 is 9.88 Å². The number of aromatic nitrogens is 1. The summed E-state index contributed by atoms with van der Waals surface area (Å²) in [6.45, 7) is 0. The van der Waals surface area contributed by atoms with Gasteiger partial charge >= 0.3 is 18.3 Å². The summed E-state index contributed by atoms with van der Waals surface area (Å²) in [5.41, 5.74) is 0.620. The molecule has 106 valence electrons. The minimum absolute atomic E-state index is 0.0153. The molecule has 2 rings (SSSR count). The van der Waals surface area contributed by atoms with Gasteiger partial charge in [-0.3, -0.25) is 4.79 Å². The van der Waals surface area contributed by atoms with E-state index in [1.54, 1.807) is 40.5 Å². The van der Waals surface area contributed by atoms with Gasteiger partial charge in [0, 0.05) is 23.8 Å². The zero-order chi connectivity index (χ0) is 14.8. The van der Waals surface area contributed by atoms with Crippen LogP contribution in [0.2, 0.25) is 0 Å². The number of halogens is 4. The standard InChI is InChI=1S/C13H10F4N2O/c14-11(15)13(16,17)12(20)18-9-4-3-5-10(8-9)19-6-1-2-7-19/h1-8,11H,(H,18,20). The van der Waals surface area contributed by atoms with E-state index >= 15 is 0 Å². The van der Waals surface area contributed by atoms with Crippen LogP contribution in [-0.4, -0.2) is 22.8 Å². The van der Waals surface area contributed by atoms with Crippen molar-refractivity contribution in [1.29, 1.82) is 0 Å². The lowest BCUT2D eigenvalue weighted by Gasteiger charge is -2.15. The molecule has 20 heavy (non-hydrogen) atoms. The first-order chi connectivity index (χ1) is 9.41. The van der Waals surface area contributed by atoms with Gasteiger partial charge in [0.2, 0.25) is 0 Å². The van der Waals surface area contributed by atoms with Gasteiger partial charge in [0.15, 0.2) is 0 Å². The number of carbonyl (C=O) groups excluding carboxylic acids is 1. The molecule has 0 spiro atoms. The minimum Gasteiger partial charge on any atom is -0.324 e. The Morgan fingerprint density at radius 2 is 1.80 bits per heavy atom. The number of nitrogens with zero attached hydrogens (tertiary/aromatic N) is 1. The number of rotatable bonds is 4. The number of alkyl halides is 4. The molecule has 1 heterocycles. The van der Waals surface area contributed by atoms with Crippen molar-refractivity contribution in [3.8, 4) is 5.69 Å². The lowest BCUT2D eigenvalue weighted by Crippen LogP contribution is -2.40. The van der Waals surface area contributed by atoms with E-state index in [9.17, 15) is 22.4 Å². The highest BCUT2D eigenvalue weighted by molar-refractivity contribution is 5.96. The summed E-state index contributed by atoms with van der Waals surface area (Å²) in [4.78, 5) is 11.1. The average Bonchev–Trinajstić information content (AvgIpc) is 2.92. The Bertz CT molecular complexity index is 596. The van der Waals surface area contributed by atoms with Crippen LogP contribution >= 0.6 is 0 Å². The maximum Gasteiger partial charge on any atom is 0.383 e. The van der Waals surface area contributed by atoms with Crippen LogP contribution in [-0.2, 0) is 4.79 Å². The van der Waals surface area contributed by atoms with Gasteiger partial charge in [0.1, 0.15) is 0 Å². The fourth-order valence-electron chi connectivity index (χ4n) is 1.56. The predicted molar refractivity (Wildman–Crippen MR) is 65.3 cm³/mol. The highest BCUT2D eigenvalue weighted by Gasteiger charge is 2.48. The van der Waals surface area contributed by atoms with Crippen molar-refractivity contribution >= 4 is 11.6 Å². The summed E-state index contributed by atoms with van der Waals surface area (Å²) in [6.07, 6.45) is -0.612. The van der Waals surface area contributed by atoms with Crippen molar-refractivity contribution < 1.29 is 22.4 Å².